The Bertz CT molecular complexity index is 577. The number of aromatic nitrogens is 3. The van der Waals surface area contributed by atoms with Gasteiger partial charge in [-0.1, -0.05) is 6.42 Å². The van der Waals surface area contributed by atoms with Gasteiger partial charge in [0, 0.05) is 26.4 Å². The molecule has 0 radical (unpaired) electrons. The predicted molar refractivity (Wildman–Crippen MR) is 83.0 cm³/mol. The molecule has 1 amide bonds. The fourth-order valence-corrected chi connectivity index (χ4v) is 4.52. The molecule has 1 heterocycles. The highest BCUT2D eigenvalue weighted by Gasteiger charge is 2.40. The van der Waals surface area contributed by atoms with E-state index in [0.29, 0.717) is 18.4 Å². The van der Waals surface area contributed by atoms with E-state index in [-0.39, 0.29) is 5.91 Å². The summed E-state index contributed by atoms with van der Waals surface area (Å²) in [6, 6.07) is 0. The first-order valence-electron chi connectivity index (χ1n) is 8.74. The number of hydrogen-bond acceptors (Lipinski definition) is 3. The normalized spacial score (nSPS) is 30.0. The number of nitrogens with zero attached hydrogens (tertiary/aromatic N) is 4. The van der Waals surface area contributed by atoms with Gasteiger partial charge < -0.3 is 9.47 Å². The fraction of sp³-hybridized carbons (Fsp3) is 0.824. The number of carbonyl (C=O) groups is 1. The van der Waals surface area contributed by atoms with Crippen molar-refractivity contribution in [3.63, 3.8) is 0 Å². The summed E-state index contributed by atoms with van der Waals surface area (Å²) in [5, 5.41) is 8.59. The summed E-state index contributed by atoms with van der Waals surface area (Å²) in [4.78, 5) is 14.4. The summed E-state index contributed by atoms with van der Waals surface area (Å²) in [5.41, 5.74) is 0. The second-order valence-corrected chi connectivity index (χ2v) is 7.70. The molecule has 5 nitrogen and oxygen atoms in total. The minimum absolute atomic E-state index is 0.272. The van der Waals surface area contributed by atoms with Crippen molar-refractivity contribution >= 4 is 5.91 Å². The lowest BCUT2D eigenvalue weighted by Gasteiger charge is -2.24. The fourth-order valence-electron chi connectivity index (χ4n) is 4.52. The van der Waals surface area contributed by atoms with Gasteiger partial charge in [0.2, 0.25) is 5.91 Å². The molecule has 2 bridgehead atoms. The number of carbonyl (C=O) groups excluding carboxylic acids is 1. The van der Waals surface area contributed by atoms with Crippen molar-refractivity contribution < 1.29 is 4.79 Å². The first kappa shape index (κ1) is 14.2. The molecule has 0 spiro atoms. The van der Waals surface area contributed by atoms with Crippen LogP contribution < -0.4 is 0 Å². The first-order chi connectivity index (χ1) is 10.6. The van der Waals surface area contributed by atoms with E-state index in [9.17, 15) is 4.79 Å². The van der Waals surface area contributed by atoms with Crippen molar-refractivity contribution in [3.8, 4) is 0 Å². The maximum Gasteiger partial charge on any atom is 0.223 e. The third kappa shape index (κ3) is 2.55. The SMILES string of the molecule is CN(Cc1nnc(C2CC2)n1C)C(=O)C[C@H]1C[C@H]2CC[C@H]1C2. The summed E-state index contributed by atoms with van der Waals surface area (Å²) in [6.45, 7) is 0.579. The lowest BCUT2D eigenvalue weighted by molar-refractivity contribution is -0.132. The highest BCUT2D eigenvalue weighted by atomic mass is 16.2. The van der Waals surface area contributed by atoms with Crippen molar-refractivity contribution in [2.24, 2.45) is 24.8 Å². The van der Waals surface area contributed by atoms with Gasteiger partial charge >= 0.3 is 0 Å². The molecule has 0 unspecified atom stereocenters. The number of fused-ring (bicyclic) bond motifs is 2. The number of hydrogen-bond donors (Lipinski definition) is 0. The zero-order valence-corrected chi connectivity index (χ0v) is 13.7. The monoisotopic (exact) mass is 302 g/mol. The zero-order valence-electron chi connectivity index (χ0n) is 13.7. The Hall–Kier alpha value is -1.39. The molecule has 3 atom stereocenters. The van der Waals surface area contributed by atoms with E-state index in [0.717, 1.165) is 29.9 Å². The lowest BCUT2D eigenvalue weighted by atomic mass is 9.86. The van der Waals surface area contributed by atoms with Crippen LogP contribution in [0.1, 0.15) is 62.5 Å². The van der Waals surface area contributed by atoms with E-state index >= 15 is 0 Å². The van der Waals surface area contributed by atoms with Crippen LogP contribution in [0.4, 0.5) is 0 Å². The standard InChI is InChI=1S/C17H26N4O/c1-20(10-15-18-19-17(21(15)2)12-5-6-12)16(22)9-14-8-11-3-4-13(14)7-11/h11-14H,3-10H2,1-2H3/t11-,13-,14+/m0/s1. The van der Waals surface area contributed by atoms with E-state index in [1.807, 2.05) is 19.0 Å². The molecule has 3 saturated carbocycles. The highest BCUT2D eigenvalue weighted by Crippen LogP contribution is 2.49. The largest absolute Gasteiger partial charge is 0.338 e. The third-order valence-corrected chi connectivity index (χ3v) is 6.07. The summed E-state index contributed by atoms with van der Waals surface area (Å²) < 4.78 is 2.08. The van der Waals surface area contributed by atoms with Gasteiger partial charge in [-0.05, 0) is 49.9 Å². The Labute approximate surface area is 132 Å². The van der Waals surface area contributed by atoms with Gasteiger partial charge in [0.15, 0.2) is 5.82 Å². The highest BCUT2D eigenvalue weighted by molar-refractivity contribution is 5.76. The lowest BCUT2D eigenvalue weighted by Crippen LogP contribution is -2.30. The molecule has 120 valence electrons. The Balaban J connectivity index is 1.35. The molecular formula is C17H26N4O. The molecule has 4 rings (SSSR count). The van der Waals surface area contributed by atoms with Crippen molar-refractivity contribution in [3.05, 3.63) is 11.6 Å². The molecule has 5 heteroatoms. The molecule has 3 fully saturated rings. The molecule has 1 aromatic heterocycles. The van der Waals surface area contributed by atoms with E-state index in [1.54, 1.807) is 0 Å². The Morgan fingerprint density at radius 2 is 2.05 bits per heavy atom. The second-order valence-electron chi connectivity index (χ2n) is 7.70. The maximum atomic E-state index is 12.5. The minimum Gasteiger partial charge on any atom is -0.338 e. The summed E-state index contributed by atoms with van der Waals surface area (Å²) in [7, 11) is 3.93. The average molecular weight is 302 g/mol. The van der Waals surface area contributed by atoms with Gasteiger partial charge in [-0.2, -0.15) is 0 Å². The topological polar surface area (TPSA) is 51.0 Å². The first-order valence-corrected chi connectivity index (χ1v) is 8.74. The van der Waals surface area contributed by atoms with Crippen molar-refractivity contribution in [1.82, 2.24) is 19.7 Å². The Morgan fingerprint density at radius 3 is 2.68 bits per heavy atom. The van der Waals surface area contributed by atoms with E-state index in [1.165, 1.54) is 38.5 Å². The van der Waals surface area contributed by atoms with Gasteiger partial charge in [-0.25, -0.2) is 0 Å². The predicted octanol–water partition coefficient (Wildman–Crippen LogP) is 2.48. The Morgan fingerprint density at radius 1 is 1.23 bits per heavy atom. The Kier molecular flexibility index (Phi) is 3.46. The molecule has 1 aromatic rings. The van der Waals surface area contributed by atoms with Crippen LogP contribution in [0, 0.1) is 17.8 Å². The molecule has 22 heavy (non-hydrogen) atoms. The quantitative estimate of drug-likeness (QED) is 0.839. The summed E-state index contributed by atoms with van der Waals surface area (Å²) in [5.74, 6) is 5.23. The molecule has 0 aliphatic heterocycles. The van der Waals surface area contributed by atoms with Crippen LogP contribution in [0.5, 0.6) is 0 Å². The van der Waals surface area contributed by atoms with Gasteiger partial charge in [-0.15, -0.1) is 10.2 Å². The number of rotatable bonds is 5. The van der Waals surface area contributed by atoms with Gasteiger partial charge in [0.05, 0.1) is 6.54 Å². The van der Waals surface area contributed by atoms with Gasteiger partial charge in [0.25, 0.3) is 0 Å². The molecule has 0 N–H and O–H groups in total. The van der Waals surface area contributed by atoms with Crippen molar-refractivity contribution in [2.75, 3.05) is 7.05 Å². The third-order valence-electron chi connectivity index (χ3n) is 6.07. The molecule has 3 aliphatic carbocycles. The smallest absolute Gasteiger partial charge is 0.223 e. The molecule has 0 aromatic carbocycles. The van der Waals surface area contributed by atoms with Crippen LogP contribution in [0.2, 0.25) is 0 Å². The molecule has 3 aliphatic rings. The van der Waals surface area contributed by atoms with Crippen LogP contribution in [0.3, 0.4) is 0 Å². The molecule has 0 saturated heterocycles. The van der Waals surface area contributed by atoms with Gasteiger partial charge in [-0.3, -0.25) is 4.79 Å². The zero-order chi connectivity index (χ0) is 15.3. The number of amides is 1. The van der Waals surface area contributed by atoms with Crippen LogP contribution in [0.25, 0.3) is 0 Å². The minimum atomic E-state index is 0.272. The van der Waals surface area contributed by atoms with E-state index in [4.69, 9.17) is 0 Å². The second kappa shape index (κ2) is 5.36. The van der Waals surface area contributed by atoms with Crippen LogP contribution in [-0.4, -0.2) is 32.6 Å². The van der Waals surface area contributed by atoms with Crippen LogP contribution >= 0.6 is 0 Å². The van der Waals surface area contributed by atoms with E-state index in [2.05, 4.69) is 14.8 Å². The summed E-state index contributed by atoms with van der Waals surface area (Å²) >= 11 is 0. The maximum absolute atomic E-state index is 12.5. The van der Waals surface area contributed by atoms with Crippen LogP contribution in [0.15, 0.2) is 0 Å². The van der Waals surface area contributed by atoms with Gasteiger partial charge in [0.1, 0.15) is 5.82 Å². The van der Waals surface area contributed by atoms with E-state index < -0.39 is 0 Å². The average Bonchev–Trinajstić information content (AvgIpc) is 2.96. The molecular weight excluding hydrogens is 276 g/mol. The summed E-state index contributed by atoms with van der Waals surface area (Å²) in [6.07, 6.45) is 8.57. The van der Waals surface area contributed by atoms with Crippen molar-refractivity contribution in [2.45, 2.75) is 57.4 Å². The van der Waals surface area contributed by atoms with Crippen LogP contribution in [-0.2, 0) is 18.4 Å². The van der Waals surface area contributed by atoms with Crippen molar-refractivity contribution in [1.29, 1.82) is 0 Å².